The zero-order valence-electron chi connectivity index (χ0n) is 14.1. The van der Waals surface area contributed by atoms with Crippen molar-refractivity contribution in [1.82, 2.24) is 20.1 Å². The van der Waals surface area contributed by atoms with Crippen molar-refractivity contribution in [2.45, 2.75) is 0 Å². The van der Waals surface area contributed by atoms with Crippen molar-refractivity contribution < 1.29 is 14.6 Å². The molecule has 0 aliphatic carbocycles. The third-order valence-corrected chi connectivity index (χ3v) is 4.47. The summed E-state index contributed by atoms with van der Waals surface area (Å²) >= 11 is 0. The molecule has 1 fully saturated rings. The molecule has 2 aromatic heterocycles. The summed E-state index contributed by atoms with van der Waals surface area (Å²) in [7, 11) is 0. The molecule has 0 bridgehead atoms. The number of amides is 1. The molecule has 2 N–H and O–H groups in total. The van der Waals surface area contributed by atoms with E-state index in [4.69, 9.17) is 4.74 Å². The fourth-order valence-corrected chi connectivity index (χ4v) is 2.99. The van der Waals surface area contributed by atoms with Crippen LogP contribution in [-0.2, 0) is 4.79 Å². The highest BCUT2D eigenvalue weighted by Gasteiger charge is 2.29. The van der Waals surface area contributed by atoms with Gasteiger partial charge in [0.1, 0.15) is 11.5 Å². The van der Waals surface area contributed by atoms with Crippen LogP contribution in [0.1, 0.15) is 0 Å². The fourth-order valence-electron chi connectivity index (χ4n) is 2.99. The monoisotopic (exact) mass is 350 g/mol. The Morgan fingerprint density at radius 1 is 1.38 bits per heavy atom. The number of phenols is 1. The average Bonchev–Trinajstić information content (AvgIpc) is 3.09. The van der Waals surface area contributed by atoms with Crippen LogP contribution in [0, 0.1) is 5.92 Å². The number of rotatable bonds is 5. The van der Waals surface area contributed by atoms with Crippen LogP contribution in [0.15, 0.2) is 49.2 Å². The van der Waals surface area contributed by atoms with Crippen molar-refractivity contribution in [2.75, 3.05) is 19.7 Å². The van der Waals surface area contributed by atoms with E-state index in [1.807, 2.05) is 6.07 Å². The van der Waals surface area contributed by atoms with Gasteiger partial charge in [-0.25, -0.2) is 4.98 Å². The second kappa shape index (κ2) is 6.51. The Kier molecular flexibility index (Phi) is 4.04. The number of fused-ring (bicyclic) bond motifs is 1. The van der Waals surface area contributed by atoms with Gasteiger partial charge in [-0.1, -0.05) is 6.58 Å². The highest BCUT2D eigenvalue weighted by Crippen LogP contribution is 2.30. The van der Waals surface area contributed by atoms with Crippen LogP contribution in [0.4, 0.5) is 0 Å². The molecular formula is C19H18N4O3. The number of phenolic OH excluding ortho intramolecular Hbond substituents is 1. The van der Waals surface area contributed by atoms with Crippen LogP contribution in [0.5, 0.6) is 11.5 Å². The first-order valence-corrected chi connectivity index (χ1v) is 8.31. The molecule has 0 spiro atoms. The minimum Gasteiger partial charge on any atom is -0.508 e. The number of hydrogen-bond acceptors (Lipinski definition) is 5. The molecule has 0 atom stereocenters. The number of likely N-dealkylation sites (tertiary alicyclic amines) is 1. The van der Waals surface area contributed by atoms with Gasteiger partial charge in [-0.2, -0.15) is 5.10 Å². The third kappa shape index (κ3) is 2.99. The molecule has 132 valence electrons. The van der Waals surface area contributed by atoms with Crippen LogP contribution in [0.3, 0.4) is 0 Å². The van der Waals surface area contributed by atoms with Gasteiger partial charge in [0.15, 0.2) is 5.65 Å². The molecule has 1 aliphatic heterocycles. The van der Waals surface area contributed by atoms with E-state index in [9.17, 15) is 9.90 Å². The number of nitrogens with one attached hydrogen (secondary N) is 1. The first-order valence-electron chi connectivity index (χ1n) is 8.31. The van der Waals surface area contributed by atoms with Crippen molar-refractivity contribution in [2.24, 2.45) is 5.92 Å². The molecule has 26 heavy (non-hydrogen) atoms. The van der Waals surface area contributed by atoms with Gasteiger partial charge >= 0.3 is 0 Å². The van der Waals surface area contributed by atoms with E-state index in [0.29, 0.717) is 37.0 Å². The van der Waals surface area contributed by atoms with Gasteiger partial charge in [0.2, 0.25) is 5.91 Å². The molecule has 3 heterocycles. The summed E-state index contributed by atoms with van der Waals surface area (Å²) in [6, 6.07) is 8.71. The molecule has 7 heteroatoms. The Bertz CT molecular complexity index is 959. The summed E-state index contributed by atoms with van der Waals surface area (Å²) in [4.78, 5) is 17.8. The topological polar surface area (TPSA) is 91.3 Å². The lowest BCUT2D eigenvalue weighted by atomic mass is 10.0. The van der Waals surface area contributed by atoms with Crippen LogP contribution in [0.2, 0.25) is 0 Å². The van der Waals surface area contributed by atoms with E-state index in [0.717, 1.165) is 16.6 Å². The molecule has 7 nitrogen and oxygen atoms in total. The van der Waals surface area contributed by atoms with E-state index in [2.05, 4.69) is 21.8 Å². The number of aromatic amines is 1. The van der Waals surface area contributed by atoms with Crippen LogP contribution < -0.4 is 4.74 Å². The minimum absolute atomic E-state index is 0.0444. The molecule has 0 unspecified atom stereocenters. The zero-order valence-corrected chi connectivity index (χ0v) is 14.1. The molecular weight excluding hydrogens is 332 g/mol. The molecule has 1 saturated heterocycles. The Labute approximate surface area is 149 Å². The molecule has 3 aromatic rings. The average molecular weight is 350 g/mol. The SMILES string of the molecule is C=CC(=O)N1CC(COc2cc(-c3ccc(O)cc3)nc3[nH]ncc23)C1. The molecule has 1 aromatic carbocycles. The predicted octanol–water partition coefficient (Wildman–Crippen LogP) is 2.35. The Morgan fingerprint density at radius 3 is 2.88 bits per heavy atom. The lowest BCUT2D eigenvalue weighted by molar-refractivity contribution is -0.132. The van der Waals surface area contributed by atoms with Crippen LogP contribution >= 0.6 is 0 Å². The maximum Gasteiger partial charge on any atom is 0.245 e. The summed E-state index contributed by atoms with van der Waals surface area (Å²) < 4.78 is 6.02. The summed E-state index contributed by atoms with van der Waals surface area (Å²) in [6.07, 6.45) is 3.02. The van der Waals surface area contributed by atoms with E-state index < -0.39 is 0 Å². The molecule has 0 radical (unpaired) electrons. The Hall–Kier alpha value is -3.35. The lowest BCUT2D eigenvalue weighted by Gasteiger charge is -2.38. The van der Waals surface area contributed by atoms with Crippen LogP contribution in [0.25, 0.3) is 22.3 Å². The summed E-state index contributed by atoms with van der Waals surface area (Å²) in [5, 5.41) is 17.2. The maximum absolute atomic E-state index is 11.5. The standard InChI is InChI=1S/C19H18N4O3/c1-2-18(25)23-9-12(10-23)11-26-17-7-16(13-3-5-14(24)6-4-13)21-19-15(17)8-20-22-19/h2-8,12,24H,1,9-11H2,(H,20,21,22). The predicted molar refractivity (Wildman–Crippen MR) is 96.8 cm³/mol. The normalized spacial score (nSPS) is 14.2. The van der Waals surface area contributed by atoms with Gasteiger partial charge in [0.25, 0.3) is 0 Å². The number of pyridine rings is 1. The summed E-state index contributed by atoms with van der Waals surface area (Å²) in [5.41, 5.74) is 2.24. The van der Waals surface area contributed by atoms with Crippen molar-refractivity contribution >= 4 is 16.9 Å². The second-order valence-electron chi connectivity index (χ2n) is 6.31. The van der Waals surface area contributed by atoms with Gasteiger partial charge in [-0.15, -0.1) is 0 Å². The lowest BCUT2D eigenvalue weighted by Crippen LogP contribution is -2.51. The van der Waals surface area contributed by atoms with Gasteiger partial charge in [0.05, 0.1) is 23.9 Å². The van der Waals surface area contributed by atoms with Crippen molar-refractivity contribution in [1.29, 1.82) is 0 Å². The van der Waals surface area contributed by atoms with Gasteiger partial charge < -0.3 is 14.7 Å². The van der Waals surface area contributed by atoms with Gasteiger partial charge in [0, 0.05) is 30.6 Å². The zero-order chi connectivity index (χ0) is 18.1. The first-order chi connectivity index (χ1) is 12.6. The number of H-pyrrole nitrogens is 1. The number of hydrogen-bond donors (Lipinski definition) is 2. The van der Waals surface area contributed by atoms with E-state index in [1.165, 1.54) is 6.08 Å². The Balaban J connectivity index is 1.53. The number of nitrogens with zero attached hydrogens (tertiary/aromatic N) is 3. The first kappa shape index (κ1) is 16.1. The molecule has 1 aliphatic rings. The Morgan fingerprint density at radius 2 is 2.15 bits per heavy atom. The van der Waals surface area contributed by atoms with Gasteiger partial charge in [-0.3, -0.25) is 9.89 Å². The highest BCUT2D eigenvalue weighted by atomic mass is 16.5. The van der Waals surface area contributed by atoms with E-state index >= 15 is 0 Å². The summed E-state index contributed by atoms with van der Waals surface area (Å²) in [5.74, 6) is 1.15. The molecule has 0 saturated carbocycles. The minimum atomic E-state index is -0.0444. The van der Waals surface area contributed by atoms with E-state index in [-0.39, 0.29) is 11.7 Å². The number of carbonyl (C=O) groups is 1. The number of aromatic nitrogens is 3. The number of carbonyl (C=O) groups excluding carboxylic acids is 1. The van der Waals surface area contributed by atoms with Crippen molar-refractivity contribution in [3.8, 4) is 22.8 Å². The number of benzene rings is 1. The summed E-state index contributed by atoms with van der Waals surface area (Å²) in [6.45, 7) is 5.36. The van der Waals surface area contributed by atoms with Crippen molar-refractivity contribution in [3.05, 3.63) is 49.2 Å². The number of aromatic hydroxyl groups is 1. The van der Waals surface area contributed by atoms with E-state index in [1.54, 1.807) is 35.4 Å². The largest absolute Gasteiger partial charge is 0.508 e. The number of ether oxygens (including phenoxy) is 1. The maximum atomic E-state index is 11.5. The highest BCUT2D eigenvalue weighted by molar-refractivity contribution is 5.87. The molecule has 1 amide bonds. The smallest absolute Gasteiger partial charge is 0.245 e. The quantitative estimate of drug-likeness (QED) is 0.689. The fraction of sp³-hybridized carbons (Fsp3) is 0.211. The van der Waals surface area contributed by atoms with Gasteiger partial charge in [-0.05, 0) is 30.3 Å². The third-order valence-electron chi connectivity index (χ3n) is 4.47. The molecule has 4 rings (SSSR count). The second-order valence-corrected chi connectivity index (χ2v) is 6.31. The van der Waals surface area contributed by atoms with Crippen molar-refractivity contribution in [3.63, 3.8) is 0 Å². The van der Waals surface area contributed by atoms with Crippen LogP contribution in [-0.4, -0.2) is 50.8 Å².